The molecule has 0 saturated carbocycles. The van der Waals surface area contributed by atoms with Crippen molar-refractivity contribution in [2.45, 2.75) is 52.3 Å². The van der Waals surface area contributed by atoms with E-state index in [4.69, 9.17) is 29.5 Å². The molecule has 1 aromatic carbocycles. The second-order valence-corrected chi connectivity index (χ2v) is 6.97. The van der Waals surface area contributed by atoms with Gasteiger partial charge in [-0.3, -0.25) is 45.2 Å². The van der Waals surface area contributed by atoms with Gasteiger partial charge in [-0.15, -0.1) is 0 Å². The van der Waals surface area contributed by atoms with Gasteiger partial charge in [0, 0.05) is 33.8 Å². The quantitative estimate of drug-likeness (QED) is 0.165. The zero-order valence-electron chi connectivity index (χ0n) is 19.5. The number of hydrogen-bond donors (Lipinski definition) is 2. The van der Waals surface area contributed by atoms with E-state index in [-0.39, 0.29) is 18.0 Å². The number of rotatable bonds is 7. The summed E-state index contributed by atoms with van der Waals surface area (Å²) in [6.07, 6.45) is -4.65. The minimum Gasteiger partial charge on any atom is -0.456 e. The smallest absolute Gasteiger partial charge is 0.305 e. The van der Waals surface area contributed by atoms with Crippen molar-refractivity contribution < 1.29 is 52.7 Å². The van der Waals surface area contributed by atoms with Crippen LogP contribution in [0.4, 0.5) is 17.1 Å². The van der Waals surface area contributed by atoms with E-state index in [0.717, 1.165) is 32.9 Å². The lowest BCUT2D eigenvalue weighted by Crippen LogP contribution is -2.58. The van der Waals surface area contributed by atoms with Gasteiger partial charge in [0.05, 0.1) is 22.5 Å². The summed E-state index contributed by atoms with van der Waals surface area (Å²) in [5.41, 5.74) is 1.33. The average molecular weight is 516 g/mol. The molecule has 1 heterocycles. The molecule has 1 aliphatic rings. The van der Waals surface area contributed by atoms with Crippen molar-refractivity contribution in [1.29, 1.82) is 0 Å². The highest BCUT2D eigenvalue weighted by atomic mass is 16.7. The average Bonchev–Trinajstić information content (AvgIpc) is 2.76. The molecule has 2 rings (SSSR count). The molecular weight excluding hydrogens is 492 g/mol. The summed E-state index contributed by atoms with van der Waals surface area (Å²) in [5, 5.41) is 20.7. The number of nitrogens with zero attached hydrogens (tertiary/aromatic N) is 2. The highest BCUT2D eigenvalue weighted by Gasteiger charge is 2.48. The molecule has 0 bridgehead atoms. The summed E-state index contributed by atoms with van der Waals surface area (Å²) in [4.78, 5) is 64.0. The van der Waals surface area contributed by atoms with Gasteiger partial charge in [0.1, 0.15) is 5.69 Å². The molecule has 1 fully saturated rings. The first-order valence-corrected chi connectivity index (χ1v) is 9.96. The van der Waals surface area contributed by atoms with E-state index in [1.807, 2.05) is 0 Å². The standard InChI is InChI=1S/C13H18O9.C6H6N4O4/c1-6(14)19-10-5-18-13(22-9(4)17)12(21-8(3)16)11(10)20-7(2)15;7-8-5-2-1-4(9(11)12)3-6(5)10(13)14/h10-13H,5H2,1-4H3;1-3,8H,7H2/t10-,11-,12+,13+;/m1./s1. The first-order chi connectivity index (χ1) is 16.8. The monoisotopic (exact) mass is 516 g/mol. The minimum absolute atomic E-state index is 0.0283. The number of nitrogen functional groups attached to an aromatic ring is 1. The summed E-state index contributed by atoms with van der Waals surface area (Å²) in [7, 11) is 0. The summed E-state index contributed by atoms with van der Waals surface area (Å²) >= 11 is 0. The second kappa shape index (κ2) is 13.5. The Labute approximate surface area is 203 Å². The number of ether oxygens (including phenoxy) is 5. The largest absolute Gasteiger partial charge is 0.456 e. The number of hydrogen-bond acceptors (Lipinski definition) is 15. The van der Waals surface area contributed by atoms with Gasteiger partial charge in [-0.25, -0.2) is 0 Å². The summed E-state index contributed by atoms with van der Waals surface area (Å²) < 4.78 is 25.2. The molecule has 0 amide bonds. The lowest BCUT2D eigenvalue weighted by molar-refractivity contribution is -0.393. The van der Waals surface area contributed by atoms with Gasteiger partial charge < -0.3 is 29.1 Å². The summed E-state index contributed by atoms with van der Waals surface area (Å²) in [6.45, 7) is 4.40. The number of anilines is 1. The third-order valence-corrected chi connectivity index (χ3v) is 4.13. The highest BCUT2D eigenvalue weighted by Crippen LogP contribution is 2.28. The number of nitro groups is 2. The Hall–Kier alpha value is -4.38. The van der Waals surface area contributed by atoms with Gasteiger partial charge in [0.15, 0.2) is 12.2 Å². The zero-order chi connectivity index (χ0) is 27.6. The fraction of sp³-hybridized carbons (Fsp3) is 0.474. The number of esters is 4. The van der Waals surface area contributed by atoms with Crippen molar-refractivity contribution in [2.75, 3.05) is 12.0 Å². The Morgan fingerprint density at radius 3 is 1.86 bits per heavy atom. The number of non-ortho nitro benzene ring substituents is 1. The molecule has 3 N–H and O–H groups in total. The Morgan fingerprint density at radius 1 is 0.889 bits per heavy atom. The van der Waals surface area contributed by atoms with E-state index in [1.54, 1.807) is 0 Å². The van der Waals surface area contributed by atoms with Gasteiger partial charge in [-0.05, 0) is 6.07 Å². The topological polar surface area (TPSA) is 239 Å². The molecule has 0 aliphatic carbocycles. The number of nitrogens with one attached hydrogen (secondary N) is 1. The highest BCUT2D eigenvalue weighted by molar-refractivity contribution is 5.69. The number of nitrogens with two attached hydrogens (primary N) is 1. The maximum Gasteiger partial charge on any atom is 0.305 e. The Morgan fingerprint density at radius 2 is 1.42 bits per heavy atom. The molecule has 0 aromatic heterocycles. The first-order valence-electron chi connectivity index (χ1n) is 9.96. The lowest BCUT2D eigenvalue weighted by Gasteiger charge is -2.39. The molecule has 36 heavy (non-hydrogen) atoms. The minimum atomic E-state index is -1.27. The molecule has 17 nitrogen and oxygen atoms in total. The van der Waals surface area contributed by atoms with Crippen molar-refractivity contribution in [2.24, 2.45) is 5.84 Å². The van der Waals surface area contributed by atoms with Crippen LogP contribution in [0.1, 0.15) is 27.7 Å². The van der Waals surface area contributed by atoms with Crippen LogP contribution in [0, 0.1) is 20.2 Å². The number of nitro benzene ring substituents is 2. The molecular formula is C19H24N4O13. The van der Waals surface area contributed by atoms with Crippen LogP contribution in [0.2, 0.25) is 0 Å². The van der Waals surface area contributed by atoms with Gasteiger partial charge >= 0.3 is 29.6 Å². The molecule has 1 aromatic rings. The van der Waals surface area contributed by atoms with Crippen LogP contribution in [0.5, 0.6) is 0 Å². The lowest BCUT2D eigenvalue weighted by atomic mass is 10.0. The van der Waals surface area contributed by atoms with E-state index in [9.17, 15) is 39.4 Å². The van der Waals surface area contributed by atoms with Crippen LogP contribution in [0.15, 0.2) is 18.2 Å². The first kappa shape index (κ1) is 29.7. The van der Waals surface area contributed by atoms with Crippen LogP contribution >= 0.6 is 0 Å². The zero-order valence-corrected chi connectivity index (χ0v) is 19.5. The van der Waals surface area contributed by atoms with Gasteiger partial charge in [-0.1, -0.05) is 0 Å². The van der Waals surface area contributed by atoms with E-state index < -0.39 is 64.0 Å². The molecule has 1 aliphatic heterocycles. The molecule has 4 atom stereocenters. The van der Waals surface area contributed by atoms with Crippen molar-refractivity contribution >= 4 is 40.9 Å². The number of hydrazine groups is 1. The molecule has 1 saturated heterocycles. The maximum atomic E-state index is 11.3. The molecule has 198 valence electrons. The molecule has 0 unspecified atom stereocenters. The molecule has 17 heteroatoms. The van der Waals surface area contributed by atoms with E-state index in [0.29, 0.717) is 0 Å². The fourth-order valence-corrected chi connectivity index (χ4v) is 2.88. The Kier molecular flexibility index (Phi) is 11.1. The number of carbonyl (C=O) groups is 4. The number of benzene rings is 1. The fourth-order valence-electron chi connectivity index (χ4n) is 2.88. The van der Waals surface area contributed by atoms with Crippen molar-refractivity contribution in [1.82, 2.24) is 0 Å². The van der Waals surface area contributed by atoms with Gasteiger partial charge in [0.2, 0.25) is 12.4 Å². The van der Waals surface area contributed by atoms with Crippen LogP contribution < -0.4 is 11.3 Å². The van der Waals surface area contributed by atoms with Crippen molar-refractivity contribution in [3.8, 4) is 0 Å². The molecule has 0 radical (unpaired) electrons. The SMILES string of the molecule is CC(=O)O[C@@H]1OC[C@@H](OC(C)=O)[C@@H](OC(C)=O)[C@@H]1OC(C)=O.NNc1ccc([N+](=O)[O-])cc1[N+](=O)[O-]. The van der Waals surface area contributed by atoms with Crippen LogP contribution in [0.3, 0.4) is 0 Å². The van der Waals surface area contributed by atoms with E-state index in [1.165, 1.54) is 13.0 Å². The third kappa shape index (κ3) is 9.11. The summed E-state index contributed by atoms with van der Waals surface area (Å²) in [5.74, 6) is 2.31. The normalized spacial score (nSPS) is 20.5. The van der Waals surface area contributed by atoms with Crippen LogP contribution in [-0.2, 0) is 42.9 Å². The van der Waals surface area contributed by atoms with Gasteiger partial charge in [-0.2, -0.15) is 0 Å². The Bertz CT molecular complexity index is 973. The van der Waals surface area contributed by atoms with Gasteiger partial charge in [0.25, 0.3) is 5.69 Å². The van der Waals surface area contributed by atoms with E-state index >= 15 is 0 Å². The third-order valence-electron chi connectivity index (χ3n) is 4.13. The maximum absolute atomic E-state index is 11.3. The number of carbonyl (C=O) groups excluding carboxylic acids is 4. The predicted molar refractivity (Wildman–Crippen MR) is 116 cm³/mol. The van der Waals surface area contributed by atoms with Crippen LogP contribution in [0.25, 0.3) is 0 Å². The van der Waals surface area contributed by atoms with Crippen LogP contribution in [-0.4, -0.2) is 64.9 Å². The van der Waals surface area contributed by atoms with Crippen molar-refractivity contribution in [3.05, 3.63) is 38.4 Å². The summed E-state index contributed by atoms with van der Waals surface area (Å²) in [6, 6.07) is 3.15. The molecule has 0 spiro atoms. The van der Waals surface area contributed by atoms with Crippen molar-refractivity contribution in [3.63, 3.8) is 0 Å². The Balaban J connectivity index is 0.000000397. The predicted octanol–water partition coefficient (Wildman–Crippen LogP) is 0.490. The van der Waals surface area contributed by atoms with E-state index in [2.05, 4.69) is 5.43 Å². The second-order valence-electron chi connectivity index (χ2n) is 6.97.